The Hall–Kier alpha value is -3.35. The van der Waals surface area contributed by atoms with Crippen molar-refractivity contribution in [1.82, 2.24) is 0 Å². The van der Waals surface area contributed by atoms with E-state index in [1.54, 1.807) is 24.3 Å². The molecule has 24 heavy (non-hydrogen) atoms. The lowest BCUT2D eigenvalue weighted by molar-refractivity contribution is 0.0686. The van der Waals surface area contributed by atoms with E-state index in [1.165, 1.54) is 48.2 Å². The van der Waals surface area contributed by atoms with E-state index in [0.29, 0.717) is 11.4 Å². The summed E-state index contributed by atoms with van der Waals surface area (Å²) in [6.07, 6.45) is 0. The van der Waals surface area contributed by atoms with E-state index in [9.17, 15) is 14.4 Å². The van der Waals surface area contributed by atoms with Crippen LogP contribution in [0.2, 0.25) is 0 Å². The fraction of sp³-hybridized carbons (Fsp3) is 0.118. The monoisotopic (exact) mass is 328 g/mol. The molecule has 0 spiro atoms. The molecule has 2 rings (SSSR count). The molecule has 0 bridgehead atoms. The highest BCUT2D eigenvalue weighted by atomic mass is 16.4. The average Bonchev–Trinajstić information content (AvgIpc) is 2.59. The molecular weight excluding hydrogens is 312 g/mol. The summed E-state index contributed by atoms with van der Waals surface area (Å²) in [5.74, 6) is -2.17. The van der Waals surface area contributed by atoms with Gasteiger partial charge >= 0.3 is 18.0 Å². The highest BCUT2D eigenvalue weighted by Gasteiger charge is 2.19. The average molecular weight is 328 g/mol. The van der Waals surface area contributed by atoms with E-state index in [-0.39, 0.29) is 11.1 Å². The van der Waals surface area contributed by atoms with Gasteiger partial charge in [-0.2, -0.15) is 0 Å². The van der Waals surface area contributed by atoms with Gasteiger partial charge in [-0.15, -0.1) is 0 Å². The van der Waals surface area contributed by atoms with Crippen molar-refractivity contribution < 1.29 is 24.6 Å². The van der Waals surface area contributed by atoms with Gasteiger partial charge in [0.2, 0.25) is 0 Å². The maximum absolute atomic E-state index is 12.6. The van der Waals surface area contributed by atoms with Crippen molar-refractivity contribution in [1.29, 1.82) is 0 Å². The van der Waals surface area contributed by atoms with Gasteiger partial charge in [-0.25, -0.2) is 14.4 Å². The maximum atomic E-state index is 12.6. The molecule has 0 saturated carbocycles. The number of rotatable bonds is 4. The normalized spacial score (nSPS) is 10.1. The van der Waals surface area contributed by atoms with Crippen LogP contribution in [0, 0.1) is 0 Å². The van der Waals surface area contributed by atoms with Gasteiger partial charge < -0.3 is 10.2 Å². The van der Waals surface area contributed by atoms with E-state index in [1.807, 2.05) is 0 Å². The second-order valence-corrected chi connectivity index (χ2v) is 5.11. The topological polar surface area (TPSA) is 98.2 Å². The Morgan fingerprint density at radius 3 is 1.46 bits per heavy atom. The van der Waals surface area contributed by atoms with Crippen LogP contribution in [-0.4, -0.2) is 42.3 Å². The third kappa shape index (κ3) is 3.52. The van der Waals surface area contributed by atoms with Crippen LogP contribution in [0.15, 0.2) is 48.5 Å². The van der Waals surface area contributed by atoms with Crippen LogP contribution >= 0.6 is 0 Å². The number of carbonyl (C=O) groups excluding carboxylic acids is 1. The molecule has 0 atom stereocenters. The molecule has 7 heteroatoms. The minimum Gasteiger partial charge on any atom is -0.478 e. The van der Waals surface area contributed by atoms with E-state index in [2.05, 4.69) is 0 Å². The van der Waals surface area contributed by atoms with Crippen molar-refractivity contribution in [3.05, 3.63) is 59.7 Å². The van der Waals surface area contributed by atoms with E-state index in [4.69, 9.17) is 10.2 Å². The van der Waals surface area contributed by atoms with Gasteiger partial charge in [-0.3, -0.25) is 9.80 Å². The van der Waals surface area contributed by atoms with Crippen molar-refractivity contribution in [2.24, 2.45) is 0 Å². The lowest BCUT2D eigenvalue weighted by Gasteiger charge is -2.25. The van der Waals surface area contributed by atoms with Crippen molar-refractivity contribution in [3.63, 3.8) is 0 Å². The van der Waals surface area contributed by atoms with Crippen LogP contribution in [-0.2, 0) is 0 Å². The molecule has 124 valence electrons. The zero-order valence-electron chi connectivity index (χ0n) is 13.1. The van der Waals surface area contributed by atoms with Crippen LogP contribution < -0.4 is 9.80 Å². The molecule has 0 radical (unpaired) electrons. The molecule has 0 fully saturated rings. The molecule has 0 aliphatic carbocycles. The second-order valence-electron chi connectivity index (χ2n) is 5.11. The Bertz CT molecular complexity index is 738. The van der Waals surface area contributed by atoms with Crippen molar-refractivity contribution >= 4 is 29.3 Å². The number of carbonyl (C=O) groups is 3. The van der Waals surface area contributed by atoms with Gasteiger partial charge in [0.25, 0.3) is 0 Å². The first kappa shape index (κ1) is 17.0. The number of anilines is 2. The maximum Gasteiger partial charge on any atom is 0.335 e. The standard InChI is InChI=1S/C17H16N2O5/c1-18(13-7-3-5-11(9-13)15(20)21)17(24)19(2)14-8-4-6-12(10-14)16(22)23/h3-10H,1-2H3,(H,20,21)(H,22,23). The molecule has 0 aliphatic rings. The second kappa shape index (κ2) is 6.82. The van der Waals surface area contributed by atoms with Crippen LogP contribution in [0.3, 0.4) is 0 Å². The Kier molecular flexibility index (Phi) is 4.84. The van der Waals surface area contributed by atoms with Crippen molar-refractivity contribution in [3.8, 4) is 0 Å². The Morgan fingerprint density at radius 1 is 0.750 bits per heavy atom. The molecule has 2 aromatic rings. The number of aromatic carboxylic acids is 2. The molecular formula is C17H16N2O5. The minimum absolute atomic E-state index is 0.0719. The Labute approximate surface area is 138 Å². The predicted molar refractivity (Wildman–Crippen MR) is 89.0 cm³/mol. The zero-order valence-corrected chi connectivity index (χ0v) is 13.1. The SMILES string of the molecule is CN(C(=O)N(C)c1cccc(C(=O)O)c1)c1cccc(C(=O)O)c1. The Morgan fingerprint density at radius 2 is 1.12 bits per heavy atom. The molecule has 0 aromatic heterocycles. The summed E-state index contributed by atoms with van der Waals surface area (Å²) in [6.45, 7) is 0. The fourth-order valence-corrected chi connectivity index (χ4v) is 2.14. The van der Waals surface area contributed by atoms with E-state index >= 15 is 0 Å². The van der Waals surface area contributed by atoms with E-state index < -0.39 is 18.0 Å². The zero-order chi connectivity index (χ0) is 17.9. The van der Waals surface area contributed by atoms with Gasteiger partial charge in [-0.05, 0) is 36.4 Å². The molecule has 7 nitrogen and oxygen atoms in total. The first-order chi connectivity index (χ1) is 11.3. The first-order valence-corrected chi connectivity index (χ1v) is 6.99. The Balaban J connectivity index is 2.27. The number of amides is 2. The molecule has 2 aromatic carbocycles. The van der Waals surface area contributed by atoms with Crippen LogP contribution in [0.1, 0.15) is 20.7 Å². The lowest BCUT2D eigenvalue weighted by atomic mass is 10.2. The summed E-state index contributed by atoms with van der Waals surface area (Å²) in [4.78, 5) is 37.2. The first-order valence-electron chi connectivity index (χ1n) is 6.99. The number of urea groups is 1. The summed E-state index contributed by atoms with van der Waals surface area (Å²) < 4.78 is 0. The number of hydrogen-bond donors (Lipinski definition) is 2. The molecule has 0 aliphatic heterocycles. The number of nitrogens with zero attached hydrogens (tertiary/aromatic N) is 2. The fourth-order valence-electron chi connectivity index (χ4n) is 2.14. The lowest BCUT2D eigenvalue weighted by Crippen LogP contribution is -2.39. The number of carboxylic acids is 2. The molecule has 0 heterocycles. The van der Waals surface area contributed by atoms with Gasteiger partial charge in [0, 0.05) is 25.5 Å². The third-order valence-corrected chi connectivity index (χ3v) is 3.53. The molecule has 0 saturated heterocycles. The summed E-state index contributed by atoms with van der Waals surface area (Å²) in [7, 11) is 3.03. The predicted octanol–water partition coefficient (Wildman–Crippen LogP) is 2.78. The number of benzene rings is 2. The largest absolute Gasteiger partial charge is 0.478 e. The van der Waals surface area contributed by atoms with Crippen molar-refractivity contribution in [2.75, 3.05) is 23.9 Å². The summed E-state index contributed by atoms with van der Waals surface area (Å²) in [5, 5.41) is 18.1. The molecule has 0 unspecified atom stereocenters. The van der Waals surface area contributed by atoms with Gasteiger partial charge in [0.1, 0.15) is 0 Å². The van der Waals surface area contributed by atoms with E-state index in [0.717, 1.165) is 0 Å². The third-order valence-electron chi connectivity index (χ3n) is 3.53. The van der Waals surface area contributed by atoms with Crippen molar-refractivity contribution in [2.45, 2.75) is 0 Å². The summed E-state index contributed by atoms with van der Waals surface area (Å²) >= 11 is 0. The summed E-state index contributed by atoms with van der Waals surface area (Å²) in [6, 6.07) is 11.6. The quantitative estimate of drug-likeness (QED) is 0.899. The minimum atomic E-state index is -1.08. The van der Waals surface area contributed by atoms with Gasteiger partial charge in [-0.1, -0.05) is 12.1 Å². The summed E-state index contributed by atoms with van der Waals surface area (Å²) in [5.41, 5.74) is 0.979. The number of carboxylic acid groups (broad SMARTS) is 2. The highest BCUT2D eigenvalue weighted by Crippen LogP contribution is 2.20. The van der Waals surface area contributed by atoms with Gasteiger partial charge in [0.05, 0.1) is 11.1 Å². The van der Waals surface area contributed by atoms with Crippen LogP contribution in [0.5, 0.6) is 0 Å². The molecule has 2 amide bonds. The molecule has 2 N–H and O–H groups in total. The van der Waals surface area contributed by atoms with Crippen LogP contribution in [0.4, 0.5) is 16.2 Å². The highest BCUT2D eigenvalue weighted by molar-refractivity contribution is 6.04. The van der Waals surface area contributed by atoms with Crippen LogP contribution in [0.25, 0.3) is 0 Å². The number of hydrogen-bond acceptors (Lipinski definition) is 3. The smallest absolute Gasteiger partial charge is 0.335 e. The van der Waals surface area contributed by atoms with Gasteiger partial charge in [0.15, 0.2) is 0 Å².